The Labute approximate surface area is 205 Å². The molecule has 0 aliphatic heterocycles. The Hall–Kier alpha value is -1.60. The Morgan fingerprint density at radius 2 is 1.45 bits per heavy atom. The predicted molar refractivity (Wildman–Crippen MR) is 139 cm³/mol. The van der Waals surface area contributed by atoms with Crippen LogP contribution < -0.4 is 4.74 Å². The summed E-state index contributed by atoms with van der Waals surface area (Å²) in [5, 5.41) is 0. The molecule has 7 nitrogen and oxygen atoms in total. The lowest BCUT2D eigenvalue weighted by Gasteiger charge is -2.21. The lowest BCUT2D eigenvalue weighted by atomic mass is 10.1. The molecule has 0 N–H and O–H groups in total. The van der Waals surface area contributed by atoms with E-state index in [1.807, 2.05) is 12.1 Å². The van der Waals surface area contributed by atoms with Crippen molar-refractivity contribution in [2.45, 2.75) is 59.6 Å². The number of carbonyl (C=O) groups excluding carboxylic acids is 1. The van der Waals surface area contributed by atoms with Gasteiger partial charge in [0.25, 0.3) is 0 Å². The SMILES string of the molecule is COC(C(=O)OCCC(C)C)=C(OC)c1ccccc1OC.C[Si](C)(C)O[Si]O[Si](C)(C)C. The summed E-state index contributed by atoms with van der Waals surface area (Å²) in [7, 11) is 2.00. The van der Waals surface area contributed by atoms with Crippen LogP contribution in [0.3, 0.4) is 0 Å². The zero-order chi connectivity index (χ0) is 25.7. The molecule has 0 aliphatic rings. The van der Waals surface area contributed by atoms with Crippen LogP contribution in [0.5, 0.6) is 5.75 Å². The molecule has 33 heavy (non-hydrogen) atoms. The van der Waals surface area contributed by atoms with Crippen molar-refractivity contribution in [3.63, 3.8) is 0 Å². The minimum absolute atomic E-state index is 0.0238. The van der Waals surface area contributed by atoms with Crippen molar-refractivity contribution in [3.05, 3.63) is 35.6 Å². The van der Waals surface area contributed by atoms with Gasteiger partial charge in [-0.15, -0.1) is 0 Å². The molecule has 0 saturated carbocycles. The molecule has 0 aromatic heterocycles. The van der Waals surface area contributed by atoms with Gasteiger partial charge in [0.15, 0.2) is 22.4 Å². The van der Waals surface area contributed by atoms with E-state index in [1.54, 1.807) is 19.2 Å². The van der Waals surface area contributed by atoms with Gasteiger partial charge in [-0.1, -0.05) is 26.0 Å². The summed E-state index contributed by atoms with van der Waals surface area (Å²) in [5.41, 5.74) is 0.630. The van der Waals surface area contributed by atoms with Gasteiger partial charge in [0.05, 0.1) is 33.5 Å². The number of rotatable bonds is 12. The summed E-state index contributed by atoms with van der Waals surface area (Å²) in [5.74, 6) is 0.805. The number of benzene rings is 1. The third-order valence-corrected chi connectivity index (χ3v) is 9.34. The van der Waals surface area contributed by atoms with Gasteiger partial charge < -0.3 is 27.2 Å². The van der Waals surface area contributed by atoms with Crippen LogP contribution in [-0.2, 0) is 27.2 Å². The Kier molecular flexibility index (Phi) is 14.6. The maximum Gasteiger partial charge on any atom is 0.410 e. The normalized spacial score (nSPS) is 12.4. The molecular formula is C23H42O7Si3. The maximum atomic E-state index is 12.2. The Balaban J connectivity index is 0.000000785. The number of ether oxygens (including phenoxy) is 4. The molecule has 0 atom stereocenters. The fraction of sp³-hybridized carbons (Fsp3) is 0.609. The topological polar surface area (TPSA) is 72.5 Å². The zero-order valence-electron chi connectivity index (χ0n) is 22.2. The van der Waals surface area contributed by atoms with Gasteiger partial charge in [0, 0.05) is 0 Å². The second-order valence-corrected chi connectivity index (χ2v) is 19.8. The van der Waals surface area contributed by atoms with Crippen LogP contribution in [0, 0.1) is 5.92 Å². The third-order valence-electron chi connectivity index (χ3n) is 3.78. The molecule has 1 aromatic rings. The van der Waals surface area contributed by atoms with Gasteiger partial charge in [-0.25, -0.2) is 4.79 Å². The van der Waals surface area contributed by atoms with E-state index >= 15 is 0 Å². The van der Waals surface area contributed by atoms with Crippen LogP contribution in [0.25, 0.3) is 5.76 Å². The first-order chi connectivity index (χ1) is 15.3. The first kappa shape index (κ1) is 31.4. The monoisotopic (exact) mass is 514 g/mol. The average Bonchev–Trinajstić information content (AvgIpc) is 2.70. The van der Waals surface area contributed by atoms with Gasteiger partial charge in [-0.3, -0.25) is 0 Å². The lowest BCUT2D eigenvalue weighted by molar-refractivity contribution is -0.143. The summed E-state index contributed by atoms with van der Waals surface area (Å²) < 4.78 is 32.3. The predicted octanol–water partition coefficient (Wildman–Crippen LogP) is 5.47. The van der Waals surface area contributed by atoms with E-state index in [1.165, 1.54) is 14.2 Å². The molecule has 0 unspecified atom stereocenters. The van der Waals surface area contributed by atoms with Crippen LogP contribution in [0.1, 0.15) is 25.8 Å². The second kappa shape index (κ2) is 15.3. The van der Waals surface area contributed by atoms with E-state index in [9.17, 15) is 4.79 Å². The highest BCUT2D eigenvalue weighted by atomic mass is 28.4. The van der Waals surface area contributed by atoms with Crippen molar-refractivity contribution in [3.8, 4) is 5.75 Å². The van der Waals surface area contributed by atoms with Gasteiger partial charge in [-0.05, 0) is 63.8 Å². The number of hydrogen-bond acceptors (Lipinski definition) is 7. The second-order valence-electron chi connectivity index (χ2n) is 9.60. The first-order valence-electron chi connectivity index (χ1n) is 11.0. The fourth-order valence-electron chi connectivity index (χ4n) is 2.15. The number of methoxy groups -OCH3 is 3. The molecule has 2 radical (unpaired) electrons. The highest BCUT2D eigenvalue weighted by Crippen LogP contribution is 2.29. The molecule has 10 heteroatoms. The highest BCUT2D eigenvalue weighted by Gasteiger charge is 2.23. The number of para-hydroxylation sites is 1. The van der Waals surface area contributed by atoms with Crippen molar-refractivity contribution in [2.24, 2.45) is 5.92 Å². The Bertz CT molecular complexity index is 724. The molecule has 0 amide bonds. The van der Waals surface area contributed by atoms with Gasteiger partial charge in [0.1, 0.15) is 5.75 Å². The van der Waals surface area contributed by atoms with E-state index in [0.29, 0.717) is 23.8 Å². The van der Waals surface area contributed by atoms with Crippen molar-refractivity contribution in [2.75, 3.05) is 27.9 Å². The third kappa shape index (κ3) is 14.3. The fourth-order valence-corrected chi connectivity index (χ4v) is 4.69. The van der Waals surface area contributed by atoms with E-state index in [4.69, 9.17) is 27.2 Å². The molecule has 0 heterocycles. The van der Waals surface area contributed by atoms with E-state index < -0.39 is 22.6 Å². The van der Waals surface area contributed by atoms with Crippen LogP contribution >= 0.6 is 0 Å². The van der Waals surface area contributed by atoms with Crippen molar-refractivity contribution in [1.82, 2.24) is 0 Å². The van der Waals surface area contributed by atoms with Gasteiger partial charge in [-0.2, -0.15) is 0 Å². The smallest absolute Gasteiger partial charge is 0.410 e. The summed E-state index contributed by atoms with van der Waals surface area (Å²) in [6, 6.07) is 7.24. The van der Waals surface area contributed by atoms with Crippen LogP contribution in [-0.4, -0.2) is 60.5 Å². The zero-order valence-corrected chi connectivity index (χ0v) is 25.2. The Morgan fingerprint density at radius 1 is 0.909 bits per heavy atom. The summed E-state index contributed by atoms with van der Waals surface area (Å²) in [6.45, 7) is 17.5. The minimum Gasteiger partial charge on any atom is -0.496 e. The largest absolute Gasteiger partial charge is 0.496 e. The maximum absolute atomic E-state index is 12.2. The molecule has 0 spiro atoms. The standard InChI is InChI=1S/C17H24O5.C6H18O2Si3/c1-12(2)10-11-22-17(18)16(21-5)15(20-4)13-8-6-7-9-14(13)19-3;1-10(2,3)7-9-8-11(4,5)6/h6-9,12H,10-11H2,1-5H3;1-6H3. The number of hydrogen-bond donors (Lipinski definition) is 0. The summed E-state index contributed by atoms with van der Waals surface area (Å²) >= 11 is 0. The molecular weight excluding hydrogens is 473 g/mol. The number of esters is 1. The van der Waals surface area contributed by atoms with E-state index in [2.05, 4.69) is 53.1 Å². The van der Waals surface area contributed by atoms with Crippen molar-refractivity contribution in [1.29, 1.82) is 0 Å². The van der Waals surface area contributed by atoms with Crippen molar-refractivity contribution >= 4 is 38.4 Å². The molecule has 0 bridgehead atoms. The molecule has 1 aromatic carbocycles. The van der Waals surface area contributed by atoms with Crippen molar-refractivity contribution < 1.29 is 32.0 Å². The van der Waals surface area contributed by atoms with Gasteiger partial charge >= 0.3 is 16.0 Å². The van der Waals surface area contributed by atoms with E-state index in [0.717, 1.165) is 6.42 Å². The minimum atomic E-state index is -1.35. The van der Waals surface area contributed by atoms with Gasteiger partial charge in [0.2, 0.25) is 5.76 Å². The molecule has 0 saturated heterocycles. The van der Waals surface area contributed by atoms with E-state index in [-0.39, 0.29) is 21.5 Å². The molecule has 188 valence electrons. The Morgan fingerprint density at radius 3 is 1.88 bits per heavy atom. The molecule has 0 fully saturated rings. The number of carbonyl (C=O) groups is 1. The van der Waals surface area contributed by atoms with Crippen LogP contribution in [0.4, 0.5) is 0 Å². The highest BCUT2D eigenvalue weighted by molar-refractivity contribution is 6.77. The van der Waals surface area contributed by atoms with Crippen LogP contribution in [0.2, 0.25) is 39.3 Å². The quantitative estimate of drug-likeness (QED) is 0.158. The summed E-state index contributed by atoms with van der Waals surface area (Å²) in [6.07, 6.45) is 0.791. The van der Waals surface area contributed by atoms with Crippen LogP contribution in [0.15, 0.2) is 30.0 Å². The first-order valence-corrected chi connectivity index (χ1v) is 18.6. The summed E-state index contributed by atoms with van der Waals surface area (Å²) in [4.78, 5) is 12.2. The molecule has 0 aliphatic carbocycles. The lowest BCUT2D eigenvalue weighted by Crippen LogP contribution is -2.34. The molecule has 1 rings (SSSR count). The average molecular weight is 515 g/mol.